The van der Waals surface area contributed by atoms with Crippen LogP contribution in [0.4, 0.5) is 0 Å². The van der Waals surface area contributed by atoms with Crippen LogP contribution in [0.25, 0.3) is 65.3 Å². The number of aryl methyl sites for hydroxylation is 1. The zero-order chi connectivity index (χ0) is 25.6. The van der Waals surface area contributed by atoms with E-state index in [0.29, 0.717) is 0 Å². The van der Waals surface area contributed by atoms with Crippen molar-refractivity contribution in [2.45, 2.75) is 13.3 Å². The topological polar surface area (TPSA) is 9.23 Å². The van der Waals surface area contributed by atoms with Gasteiger partial charge >= 0.3 is 0 Å². The Balaban J connectivity index is 1.67. The largest absolute Gasteiger partial charge is 0.496 e. The van der Waals surface area contributed by atoms with Gasteiger partial charge in [-0.3, -0.25) is 0 Å². The van der Waals surface area contributed by atoms with Crippen LogP contribution < -0.4 is 4.74 Å². The molecule has 0 heterocycles. The van der Waals surface area contributed by atoms with Crippen LogP contribution in [0.1, 0.15) is 12.5 Å². The third-order valence-corrected chi connectivity index (χ3v) is 7.89. The lowest BCUT2D eigenvalue weighted by atomic mass is 9.84. The SMILES string of the molecule is CCc1ccc2c(-c3ccc4ccccc4c3)c3ccccc3c(-c3ccc4ccccc4c3)c2c1OC. The highest BCUT2D eigenvalue weighted by atomic mass is 16.5. The van der Waals surface area contributed by atoms with Crippen molar-refractivity contribution in [1.29, 1.82) is 0 Å². The molecule has 0 N–H and O–H groups in total. The molecule has 0 bridgehead atoms. The molecule has 7 aromatic carbocycles. The monoisotopic (exact) mass is 488 g/mol. The highest BCUT2D eigenvalue weighted by Gasteiger charge is 2.21. The van der Waals surface area contributed by atoms with Crippen LogP contribution in [-0.2, 0) is 6.42 Å². The minimum atomic E-state index is 0.911. The van der Waals surface area contributed by atoms with Crippen molar-refractivity contribution in [3.63, 3.8) is 0 Å². The number of ether oxygens (including phenoxy) is 1. The molecule has 0 fully saturated rings. The van der Waals surface area contributed by atoms with Gasteiger partial charge in [0.05, 0.1) is 7.11 Å². The first-order valence-electron chi connectivity index (χ1n) is 13.3. The molecule has 38 heavy (non-hydrogen) atoms. The van der Waals surface area contributed by atoms with E-state index in [1.165, 1.54) is 70.9 Å². The van der Waals surface area contributed by atoms with E-state index in [1.54, 1.807) is 0 Å². The van der Waals surface area contributed by atoms with Gasteiger partial charge in [-0.15, -0.1) is 0 Å². The maximum absolute atomic E-state index is 6.21. The molecule has 0 radical (unpaired) electrons. The lowest BCUT2D eigenvalue weighted by Gasteiger charge is -2.21. The fraction of sp³-hybridized carbons (Fsp3) is 0.0811. The highest BCUT2D eigenvalue weighted by Crippen LogP contribution is 2.48. The number of rotatable bonds is 4. The van der Waals surface area contributed by atoms with Crippen LogP contribution in [-0.4, -0.2) is 7.11 Å². The molecule has 0 amide bonds. The fourth-order valence-corrected chi connectivity index (χ4v) is 6.09. The summed E-state index contributed by atoms with van der Waals surface area (Å²) in [5.41, 5.74) is 6.15. The van der Waals surface area contributed by atoms with Crippen LogP contribution in [0, 0.1) is 0 Å². The van der Waals surface area contributed by atoms with E-state index in [9.17, 15) is 0 Å². The molecular formula is C37H28O. The van der Waals surface area contributed by atoms with Crippen LogP contribution in [0.3, 0.4) is 0 Å². The molecule has 0 spiro atoms. The smallest absolute Gasteiger partial charge is 0.130 e. The Hall–Kier alpha value is -4.62. The highest BCUT2D eigenvalue weighted by molar-refractivity contribution is 6.23. The number of benzene rings is 7. The predicted molar refractivity (Wildman–Crippen MR) is 163 cm³/mol. The molecule has 0 atom stereocenters. The minimum Gasteiger partial charge on any atom is -0.496 e. The van der Waals surface area contributed by atoms with Gasteiger partial charge < -0.3 is 4.74 Å². The van der Waals surface area contributed by atoms with Gasteiger partial charge in [-0.2, -0.15) is 0 Å². The fourth-order valence-electron chi connectivity index (χ4n) is 6.09. The second-order valence-electron chi connectivity index (χ2n) is 9.95. The molecule has 7 rings (SSSR count). The summed E-state index contributed by atoms with van der Waals surface area (Å²) in [6, 6.07) is 44.2. The molecule has 0 aromatic heterocycles. The van der Waals surface area contributed by atoms with Crippen LogP contribution in [0.2, 0.25) is 0 Å². The molecule has 182 valence electrons. The lowest BCUT2D eigenvalue weighted by Crippen LogP contribution is -1.97. The summed E-state index contributed by atoms with van der Waals surface area (Å²) in [5, 5.41) is 9.89. The van der Waals surface area contributed by atoms with Gasteiger partial charge in [-0.1, -0.05) is 116 Å². The maximum Gasteiger partial charge on any atom is 0.130 e. The van der Waals surface area contributed by atoms with Crippen LogP contribution in [0.15, 0.2) is 121 Å². The summed E-state index contributed by atoms with van der Waals surface area (Å²) in [5.74, 6) is 0.973. The Morgan fingerprint density at radius 3 is 1.61 bits per heavy atom. The van der Waals surface area contributed by atoms with Crippen molar-refractivity contribution in [2.75, 3.05) is 7.11 Å². The van der Waals surface area contributed by atoms with E-state index in [-0.39, 0.29) is 0 Å². The summed E-state index contributed by atoms with van der Waals surface area (Å²) in [6.07, 6.45) is 0.911. The predicted octanol–water partition coefficient (Wildman–Crippen LogP) is 10.2. The van der Waals surface area contributed by atoms with Gasteiger partial charge in [-0.05, 0) is 78.5 Å². The molecule has 1 heteroatoms. The molecule has 0 aliphatic carbocycles. The van der Waals surface area contributed by atoms with Crippen molar-refractivity contribution in [3.05, 3.63) is 127 Å². The second-order valence-corrected chi connectivity index (χ2v) is 9.95. The second kappa shape index (κ2) is 9.04. The summed E-state index contributed by atoms with van der Waals surface area (Å²) >= 11 is 0. The molecule has 0 saturated carbocycles. The van der Waals surface area contributed by atoms with Gasteiger partial charge in [-0.25, -0.2) is 0 Å². The lowest BCUT2D eigenvalue weighted by molar-refractivity contribution is 0.415. The third kappa shape index (κ3) is 3.47. The van der Waals surface area contributed by atoms with Crippen molar-refractivity contribution in [3.8, 4) is 28.0 Å². The number of fused-ring (bicyclic) bond motifs is 4. The van der Waals surface area contributed by atoms with E-state index in [0.717, 1.165) is 12.2 Å². The van der Waals surface area contributed by atoms with Crippen LogP contribution >= 0.6 is 0 Å². The third-order valence-electron chi connectivity index (χ3n) is 7.89. The number of methoxy groups -OCH3 is 1. The Kier molecular flexibility index (Phi) is 5.37. The first kappa shape index (κ1) is 22.6. The summed E-state index contributed by atoms with van der Waals surface area (Å²) in [4.78, 5) is 0. The summed E-state index contributed by atoms with van der Waals surface area (Å²) < 4.78 is 6.21. The van der Waals surface area contributed by atoms with E-state index in [4.69, 9.17) is 4.74 Å². The zero-order valence-electron chi connectivity index (χ0n) is 21.7. The van der Waals surface area contributed by atoms with Crippen LogP contribution in [0.5, 0.6) is 5.75 Å². The van der Waals surface area contributed by atoms with E-state index in [1.807, 2.05) is 7.11 Å². The average Bonchev–Trinajstić information content (AvgIpc) is 2.98. The zero-order valence-corrected chi connectivity index (χ0v) is 21.7. The van der Waals surface area contributed by atoms with E-state index in [2.05, 4.69) is 128 Å². The Labute approximate surface area is 222 Å². The molecule has 1 nitrogen and oxygen atoms in total. The summed E-state index contributed by atoms with van der Waals surface area (Å²) in [7, 11) is 1.81. The average molecular weight is 489 g/mol. The number of hydrogen-bond donors (Lipinski definition) is 0. The van der Waals surface area contributed by atoms with Gasteiger partial charge in [0, 0.05) is 10.9 Å². The molecule has 0 unspecified atom stereocenters. The van der Waals surface area contributed by atoms with Gasteiger partial charge in [0.25, 0.3) is 0 Å². The Morgan fingerprint density at radius 2 is 1.03 bits per heavy atom. The normalized spacial score (nSPS) is 11.5. The molecule has 0 aliphatic rings. The Morgan fingerprint density at radius 1 is 0.500 bits per heavy atom. The van der Waals surface area contributed by atoms with E-state index >= 15 is 0 Å². The van der Waals surface area contributed by atoms with Crippen molar-refractivity contribution < 1.29 is 4.74 Å². The van der Waals surface area contributed by atoms with E-state index < -0.39 is 0 Å². The van der Waals surface area contributed by atoms with Gasteiger partial charge in [0.1, 0.15) is 5.75 Å². The standard InChI is InChI=1S/C37H28O/c1-3-24-20-21-33-34(29-18-16-25-10-4-6-12-27(25)22-29)31-14-8-9-15-32(31)35(36(33)37(24)38-2)30-19-17-26-11-5-7-13-28(26)23-30/h4-23H,3H2,1-2H3. The van der Waals surface area contributed by atoms with Gasteiger partial charge in [0.2, 0.25) is 0 Å². The summed E-state index contributed by atoms with van der Waals surface area (Å²) in [6.45, 7) is 2.20. The first-order chi connectivity index (χ1) is 18.8. The van der Waals surface area contributed by atoms with Crippen molar-refractivity contribution in [1.82, 2.24) is 0 Å². The molecular weight excluding hydrogens is 460 g/mol. The minimum absolute atomic E-state index is 0.911. The molecule has 0 saturated heterocycles. The first-order valence-corrected chi connectivity index (χ1v) is 13.3. The quantitative estimate of drug-likeness (QED) is 0.224. The van der Waals surface area contributed by atoms with Gasteiger partial charge in [0.15, 0.2) is 0 Å². The number of hydrogen-bond acceptors (Lipinski definition) is 1. The van der Waals surface area contributed by atoms with Crippen molar-refractivity contribution >= 4 is 43.1 Å². The Bertz CT molecular complexity index is 2000. The molecule has 7 aromatic rings. The maximum atomic E-state index is 6.21. The van der Waals surface area contributed by atoms with Crippen molar-refractivity contribution in [2.24, 2.45) is 0 Å². The molecule has 0 aliphatic heterocycles.